The SMILES string of the molecule is CCC(Nc1ncc(Cl)cc1Br)C1CCCCC1. The van der Waals surface area contributed by atoms with Crippen molar-refractivity contribution < 1.29 is 0 Å². The van der Waals surface area contributed by atoms with Crippen molar-refractivity contribution in [3.63, 3.8) is 0 Å². The van der Waals surface area contributed by atoms with Gasteiger partial charge in [-0.3, -0.25) is 0 Å². The Bertz CT molecular complexity index is 391. The Kier molecular flexibility index (Phi) is 5.31. The number of rotatable bonds is 4. The van der Waals surface area contributed by atoms with E-state index in [9.17, 15) is 0 Å². The molecule has 1 atom stereocenters. The van der Waals surface area contributed by atoms with Crippen molar-refractivity contribution in [1.29, 1.82) is 0 Å². The van der Waals surface area contributed by atoms with E-state index in [1.54, 1.807) is 6.20 Å². The van der Waals surface area contributed by atoms with Crippen LogP contribution in [0.25, 0.3) is 0 Å². The number of hydrogen-bond acceptors (Lipinski definition) is 2. The van der Waals surface area contributed by atoms with Crippen LogP contribution < -0.4 is 5.32 Å². The Morgan fingerprint density at radius 1 is 1.44 bits per heavy atom. The minimum Gasteiger partial charge on any atom is -0.366 e. The first-order valence-corrected chi connectivity index (χ1v) is 7.95. The molecule has 18 heavy (non-hydrogen) atoms. The molecular weight excluding hydrogens is 312 g/mol. The third kappa shape index (κ3) is 3.61. The number of nitrogens with one attached hydrogen (secondary N) is 1. The molecule has 0 spiro atoms. The van der Waals surface area contributed by atoms with Crippen LogP contribution in [0.1, 0.15) is 45.4 Å². The van der Waals surface area contributed by atoms with Crippen molar-refractivity contribution >= 4 is 33.3 Å². The molecule has 4 heteroatoms. The van der Waals surface area contributed by atoms with Crippen LogP contribution in [0.2, 0.25) is 5.02 Å². The smallest absolute Gasteiger partial charge is 0.140 e. The first-order chi connectivity index (χ1) is 8.70. The maximum Gasteiger partial charge on any atom is 0.140 e. The van der Waals surface area contributed by atoms with E-state index in [1.165, 1.54) is 32.1 Å². The van der Waals surface area contributed by atoms with Crippen molar-refractivity contribution in [1.82, 2.24) is 4.98 Å². The lowest BCUT2D eigenvalue weighted by Gasteiger charge is -2.30. The summed E-state index contributed by atoms with van der Waals surface area (Å²) in [5, 5.41) is 4.24. The minimum absolute atomic E-state index is 0.523. The average Bonchev–Trinajstić information content (AvgIpc) is 2.39. The highest BCUT2D eigenvalue weighted by molar-refractivity contribution is 9.10. The standard InChI is InChI=1S/C14H20BrClN2/c1-2-13(10-6-4-3-5-7-10)18-14-12(15)8-11(16)9-17-14/h8-10,13H,2-7H2,1H3,(H,17,18). The second-order valence-electron chi connectivity index (χ2n) is 5.04. The van der Waals surface area contributed by atoms with Gasteiger partial charge < -0.3 is 5.32 Å². The van der Waals surface area contributed by atoms with Crippen LogP contribution in [-0.2, 0) is 0 Å². The molecule has 1 heterocycles. The van der Waals surface area contributed by atoms with Gasteiger partial charge in [-0.05, 0) is 47.2 Å². The van der Waals surface area contributed by atoms with Gasteiger partial charge >= 0.3 is 0 Å². The third-order valence-electron chi connectivity index (χ3n) is 3.79. The van der Waals surface area contributed by atoms with Crippen LogP contribution in [0.5, 0.6) is 0 Å². The molecule has 0 bridgehead atoms. The zero-order chi connectivity index (χ0) is 13.0. The van der Waals surface area contributed by atoms with Crippen molar-refractivity contribution in [3.8, 4) is 0 Å². The molecule has 1 saturated carbocycles. The number of pyridine rings is 1. The molecule has 1 aliphatic carbocycles. The molecule has 0 amide bonds. The highest BCUT2D eigenvalue weighted by Gasteiger charge is 2.22. The van der Waals surface area contributed by atoms with Gasteiger partial charge in [-0.25, -0.2) is 4.98 Å². The van der Waals surface area contributed by atoms with Gasteiger partial charge in [-0.15, -0.1) is 0 Å². The largest absolute Gasteiger partial charge is 0.366 e. The zero-order valence-corrected chi connectivity index (χ0v) is 13.1. The Morgan fingerprint density at radius 3 is 2.78 bits per heavy atom. The van der Waals surface area contributed by atoms with Crippen molar-refractivity contribution in [3.05, 3.63) is 21.8 Å². The predicted octanol–water partition coefficient (Wildman–Crippen LogP) is 5.27. The van der Waals surface area contributed by atoms with Gasteiger partial charge in [0.15, 0.2) is 0 Å². The summed E-state index contributed by atoms with van der Waals surface area (Å²) in [4.78, 5) is 4.37. The molecular formula is C14H20BrClN2. The molecule has 100 valence electrons. The van der Waals surface area contributed by atoms with E-state index in [4.69, 9.17) is 11.6 Å². The van der Waals surface area contributed by atoms with E-state index in [0.717, 1.165) is 22.6 Å². The fraction of sp³-hybridized carbons (Fsp3) is 0.643. The van der Waals surface area contributed by atoms with Gasteiger partial charge in [0.25, 0.3) is 0 Å². The van der Waals surface area contributed by atoms with Crippen molar-refractivity contribution in [2.24, 2.45) is 5.92 Å². The maximum atomic E-state index is 5.92. The molecule has 0 radical (unpaired) electrons. The topological polar surface area (TPSA) is 24.9 Å². The lowest BCUT2D eigenvalue weighted by molar-refractivity contribution is 0.312. The number of nitrogens with zero attached hydrogens (tertiary/aromatic N) is 1. The van der Waals surface area contributed by atoms with E-state index < -0.39 is 0 Å². The monoisotopic (exact) mass is 330 g/mol. The Morgan fingerprint density at radius 2 is 2.17 bits per heavy atom. The maximum absolute atomic E-state index is 5.92. The van der Waals surface area contributed by atoms with Crippen LogP contribution in [-0.4, -0.2) is 11.0 Å². The minimum atomic E-state index is 0.523. The second-order valence-corrected chi connectivity index (χ2v) is 6.33. The van der Waals surface area contributed by atoms with E-state index in [0.29, 0.717) is 11.1 Å². The molecule has 1 aromatic rings. The third-order valence-corrected chi connectivity index (χ3v) is 4.60. The number of hydrogen-bond donors (Lipinski definition) is 1. The molecule has 1 aliphatic rings. The first kappa shape index (κ1) is 14.1. The predicted molar refractivity (Wildman–Crippen MR) is 81.2 cm³/mol. The molecule has 1 aromatic heterocycles. The van der Waals surface area contributed by atoms with Gasteiger partial charge in [0, 0.05) is 12.2 Å². The average molecular weight is 332 g/mol. The quantitative estimate of drug-likeness (QED) is 0.813. The van der Waals surface area contributed by atoms with E-state index in [1.807, 2.05) is 6.07 Å². The Balaban J connectivity index is 2.04. The fourth-order valence-corrected chi connectivity index (χ4v) is 3.54. The molecule has 1 fully saturated rings. The molecule has 2 rings (SSSR count). The molecule has 0 saturated heterocycles. The lowest BCUT2D eigenvalue weighted by atomic mass is 9.83. The molecule has 2 nitrogen and oxygen atoms in total. The highest BCUT2D eigenvalue weighted by atomic mass is 79.9. The fourth-order valence-electron chi connectivity index (χ4n) is 2.79. The number of halogens is 2. The van der Waals surface area contributed by atoms with Gasteiger partial charge in [0.05, 0.1) is 9.50 Å². The summed E-state index contributed by atoms with van der Waals surface area (Å²) in [6.07, 6.45) is 9.67. The van der Waals surface area contributed by atoms with Gasteiger partial charge in [0.2, 0.25) is 0 Å². The summed E-state index contributed by atoms with van der Waals surface area (Å²) in [6, 6.07) is 2.42. The van der Waals surface area contributed by atoms with Crippen LogP contribution in [0.3, 0.4) is 0 Å². The van der Waals surface area contributed by atoms with Crippen LogP contribution >= 0.6 is 27.5 Å². The first-order valence-electron chi connectivity index (χ1n) is 6.78. The van der Waals surface area contributed by atoms with Crippen molar-refractivity contribution in [2.75, 3.05) is 5.32 Å². The van der Waals surface area contributed by atoms with Crippen LogP contribution in [0.15, 0.2) is 16.7 Å². The summed E-state index contributed by atoms with van der Waals surface area (Å²) in [5.74, 6) is 1.70. The highest BCUT2D eigenvalue weighted by Crippen LogP contribution is 2.31. The summed E-state index contributed by atoms with van der Waals surface area (Å²) < 4.78 is 0.948. The van der Waals surface area contributed by atoms with Crippen LogP contribution in [0.4, 0.5) is 5.82 Å². The number of anilines is 1. The molecule has 0 aromatic carbocycles. The van der Waals surface area contributed by atoms with E-state index in [2.05, 4.69) is 33.2 Å². The normalized spacial score (nSPS) is 18.6. The zero-order valence-electron chi connectivity index (χ0n) is 10.8. The van der Waals surface area contributed by atoms with E-state index >= 15 is 0 Å². The summed E-state index contributed by atoms with van der Waals surface area (Å²) in [5.41, 5.74) is 0. The summed E-state index contributed by atoms with van der Waals surface area (Å²) in [6.45, 7) is 2.25. The Hall–Kier alpha value is -0.280. The van der Waals surface area contributed by atoms with Crippen LogP contribution in [0, 0.1) is 5.92 Å². The van der Waals surface area contributed by atoms with Gasteiger partial charge in [0.1, 0.15) is 5.82 Å². The molecule has 0 aliphatic heterocycles. The lowest BCUT2D eigenvalue weighted by Crippen LogP contribution is -2.30. The molecule has 1 N–H and O–H groups in total. The summed E-state index contributed by atoms with van der Waals surface area (Å²) in [7, 11) is 0. The Labute approximate surface area is 123 Å². The van der Waals surface area contributed by atoms with Crippen molar-refractivity contribution in [2.45, 2.75) is 51.5 Å². The van der Waals surface area contributed by atoms with Gasteiger partial charge in [-0.1, -0.05) is 37.8 Å². The molecule has 1 unspecified atom stereocenters. The second kappa shape index (κ2) is 6.76. The van der Waals surface area contributed by atoms with E-state index in [-0.39, 0.29) is 0 Å². The summed E-state index contributed by atoms with van der Waals surface area (Å²) >= 11 is 9.44. The number of aromatic nitrogens is 1. The van der Waals surface area contributed by atoms with Gasteiger partial charge in [-0.2, -0.15) is 0 Å².